The van der Waals surface area contributed by atoms with Gasteiger partial charge in [0.1, 0.15) is 10.6 Å². The molecule has 0 bridgehead atoms. The third-order valence-electron chi connectivity index (χ3n) is 5.21. The molecule has 0 N–H and O–H groups in total. The van der Waals surface area contributed by atoms with Gasteiger partial charge in [-0.25, -0.2) is 0 Å². The fourth-order valence-corrected chi connectivity index (χ4v) is 4.73. The summed E-state index contributed by atoms with van der Waals surface area (Å²) in [5.74, 6) is 0.388. The first-order valence-electron chi connectivity index (χ1n) is 9.32. The Labute approximate surface area is 160 Å². The lowest BCUT2D eigenvalue weighted by Crippen LogP contribution is -2.25. The maximum atomic E-state index is 12.4. The van der Waals surface area contributed by atoms with Gasteiger partial charge in [0.2, 0.25) is 0 Å². The summed E-state index contributed by atoms with van der Waals surface area (Å²) in [5, 5.41) is 0. The molecule has 2 aliphatic heterocycles. The zero-order valence-corrected chi connectivity index (χ0v) is 16.2. The lowest BCUT2D eigenvalue weighted by atomic mass is 9.94. The quantitative estimate of drug-likeness (QED) is 0.728. The van der Waals surface area contributed by atoms with Crippen molar-refractivity contribution < 1.29 is 22.1 Å². The minimum atomic E-state index is -3.82. The second kappa shape index (κ2) is 7.26. The van der Waals surface area contributed by atoms with Crippen molar-refractivity contribution in [3.8, 4) is 5.75 Å². The van der Waals surface area contributed by atoms with Gasteiger partial charge in [-0.1, -0.05) is 29.8 Å². The predicted octanol–water partition coefficient (Wildman–Crippen LogP) is 3.85. The first-order chi connectivity index (χ1) is 12.9. The van der Waals surface area contributed by atoms with Crippen LogP contribution >= 0.6 is 0 Å². The third-order valence-corrected chi connectivity index (χ3v) is 6.47. The van der Waals surface area contributed by atoms with Gasteiger partial charge >= 0.3 is 10.1 Å². The van der Waals surface area contributed by atoms with E-state index in [1.54, 1.807) is 36.4 Å². The third kappa shape index (κ3) is 4.18. The first kappa shape index (κ1) is 18.5. The van der Waals surface area contributed by atoms with Gasteiger partial charge in [-0.2, -0.15) is 8.42 Å². The van der Waals surface area contributed by atoms with Crippen LogP contribution in [0.1, 0.15) is 30.4 Å². The van der Waals surface area contributed by atoms with Gasteiger partial charge in [-0.05, 0) is 55.5 Å². The summed E-state index contributed by atoms with van der Waals surface area (Å²) in [7, 11) is -3.82. The summed E-state index contributed by atoms with van der Waals surface area (Å²) >= 11 is 0. The topological polar surface area (TPSA) is 61.8 Å². The molecule has 5 nitrogen and oxygen atoms in total. The van der Waals surface area contributed by atoms with Crippen LogP contribution < -0.4 is 4.18 Å². The van der Waals surface area contributed by atoms with Gasteiger partial charge in [0.15, 0.2) is 5.79 Å². The number of benzene rings is 2. The van der Waals surface area contributed by atoms with E-state index in [0.717, 1.165) is 43.4 Å². The Balaban J connectivity index is 1.38. The first-order valence-corrected chi connectivity index (χ1v) is 10.7. The highest BCUT2D eigenvalue weighted by molar-refractivity contribution is 7.87. The Morgan fingerprint density at radius 2 is 1.81 bits per heavy atom. The van der Waals surface area contributed by atoms with E-state index in [1.807, 2.05) is 19.1 Å². The van der Waals surface area contributed by atoms with Crippen LogP contribution in [0.4, 0.5) is 0 Å². The van der Waals surface area contributed by atoms with E-state index < -0.39 is 10.1 Å². The number of aryl methyl sites for hydroxylation is 1. The number of hydrogen-bond acceptors (Lipinski definition) is 5. The summed E-state index contributed by atoms with van der Waals surface area (Å²) in [5.41, 5.74) is 2.14. The molecule has 2 aromatic carbocycles. The number of hydrogen-bond donors (Lipinski definition) is 0. The smallest absolute Gasteiger partial charge is 0.339 e. The standard InChI is InChI=1S/C21H24O5S/c1-16-3-9-20(10-4-16)27(22,23)26-19-7-5-17(6-8-19)13-18-14-21(25-15-18)11-2-12-24-21/h3-10,18H,2,11-15H2,1H3/t18-,21+/m0/s1. The monoisotopic (exact) mass is 388 g/mol. The van der Waals surface area contributed by atoms with Gasteiger partial charge in [0.05, 0.1) is 13.2 Å². The van der Waals surface area contributed by atoms with E-state index in [4.69, 9.17) is 13.7 Å². The van der Waals surface area contributed by atoms with Gasteiger partial charge in [-0.3, -0.25) is 0 Å². The fraction of sp³-hybridized carbons (Fsp3) is 0.429. The lowest BCUT2D eigenvalue weighted by molar-refractivity contribution is -0.178. The highest BCUT2D eigenvalue weighted by atomic mass is 32.2. The average molecular weight is 388 g/mol. The molecule has 2 aromatic rings. The van der Waals surface area contributed by atoms with Crippen LogP contribution in [0, 0.1) is 12.8 Å². The predicted molar refractivity (Wildman–Crippen MR) is 101 cm³/mol. The average Bonchev–Trinajstić information content (AvgIpc) is 3.27. The van der Waals surface area contributed by atoms with E-state index >= 15 is 0 Å². The van der Waals surface area contributed by atoms with Crippen molar-refractivity contribution in [1.82, 2.24) is 0 Å². The van der Waals surface area contributed by atoms with Crippen LogP contribution in [-0.4, -0.2) is 27.4 Å². The van der Waals surface area contributed by atoms with Crippen molar-refractivity contribution in [3.05, 3.63) is 59.7 Å². The van der Waals surface area contributed by atoms with Crippen molar-refractivity contribution in [2.24, 2.45) is 5.92 Å². The molecule has 1 spiro atoms. The Bertz CT molecular complexity index is 881. The van der Waals surface area contributed by atoms with Crippen LogP contribution in [0.2, 0.25) is 0 Å². The molecule has 2 fully saturated rings. The van der Waals surface area contributed by atoms with Crippen LogP contribution in [0.15, 0.2) is 53.4 Å². The highest BCUT2D eigenvalue weighted by Crippen LogP contribution is 2.40. The molecule has 0 radical (unpaired) electrons. The van der Waals surface area contributed by atoms with Gasteiger partial charge in [0, 0.05) is 12.8 Å². The molecular formula is C21H24O5S. The summed E-state index contributed by atoms with van der Waals surface area (Å²) in [6, 6.07) is 13.9. The van der Waals surface area contributed by atoms with E-state index in [-0.39, 0.29) is 10.7 Å². The summed E-state index contributed by atoms with van der Waals surface area (Å²) in [6.45, 7) is 3.40. The zero-order valence-electron chi connectivity index (χ0n) is 15.4. The SMILES string of the molecule is Cc1ccc(S(=O)(=O)Oc2ccc(C[C@@H]3CO[C@]4(CCCO4)C3)cc2)cc1. The molecule has 2 atom stereocenters. The molecular weight excluding hydrogens is 364 g/mol. The molecule has 27 heavy (non-hydrogen) atoms. The van der Waals surface area contributed by atoms with E-state index in [0.29, 0.717) is 18.3 Å². The minimum Gasteiger partial charge on any atom is -0.379 e. The van der Waals surface area contributed by atoms with Crippen molar-refractivity contribution in [2.75, 3.05) is 13.2 Å². The molecule has 4 rings (SSSR count). The van der Waals surface area contributed by atoms with Crippen molar-refractivity contribution >= 4 is 10.1 Å². The zero-order chi connectivity index (χ0) is 18.9. The van der Waals surface area contributed by atoms with Crippen LogP contribution in [0.25, 0.3) is 0 Å². The second-order valence-electron chi connectivity index (χ2n) is 7.44. The van der Waals surface area contributed by atoms with Crippen LogP contribution in [0.5, 0.6) is 5.75 Å². The van der Waals surface area contributed by atoms with Crippen molar-refractivity contribution in [1.29, 1.82) is 0 Å². The maximum absolute atomic E-state index is 12.4. The van der Waals surface area contributed by atoms with E-state index in [9.17, 15) is 8.42 Å². The molecule has 0 amide bonds. The van der Waals surface area contributed by atoms with E-state index in [2.05, 4.69) is 0 Å². The Hall–Kier alpha value is -1.89. The Morgan fingerprint density at radius 3 is 2.48 bits per heavy atom. The summed E-state index contributed by atoms with van der Waals surface area (Å²) < 4.78 is 41.7. The van der Waals surface area contributed by atoms with Gasteiger partial charge in [0.25, 0.3) is 0 Å². The molecule has 0 aromatic heterocycles. The highest BCUT2D eigenvalue weighted by Gasteiger charge is 2.43. The maximum Gasteiger partial charge on any atom is 0.339 e. The lowest BCUT2D eigenvalue weighted by Gasteiger charge is -2.21. The number of rotatable bonds is 5. The van der Waals surface area contributed by atoms with Crippen molar-refractivity contribution in [3.63, 3.8) is 0 Å². The number of ether oxygens (including phenoxy) is 2. The minimum absolute atomic E-state index is 0.155. The van der Waals surface area contributed by atoms with Crippen LogP contribution in [0.3, 0.4) is 0 Å². The van der Waals surface area contributed by atoms with Gasteiger partial charge < -0.3 is 13.7 Å². The second-order valence-corrected chi connectivity index (χ2v) is 8.99. The molecule has 0 saturated carbocycles. The largest absolute Gasteiger partial charge is 0.379 e. The molecule has 2 saturated heterocycles. The molecule has 0 aliphatic carbocycles. The molecule has 0 unspecified atom stereocenters. The molecule has 2 aliphatic rings. The van der Waals surface area contributed by atoms with Crippen molar-refractivity contribution in [2.45, 2.75) is 43.3 Å². The fourth-order valence-electron chi connectivity index (χ4n) is 3.80. The molecule has 6 heteroatoms. The summed E-state index contributed by atoms with van der Waals surface area (Å²) in [6.07, 6.45) is 3.85. The van der Waals surface area contributed by atoms with Gasteiger partial charge in [-0.15, -0.1) is 0 Å². The normalized spacial score (nSPS) is 25.1. The molecule has 144 valence electrons. The summed E-state index contributed by atoms with van der Waals surface area (Å²) in [4.78, 5) is 0.155. The Morgan fingerprint density at radius 1 is 1.07 bits per heavy atom. The van der Waals surface area contributed by atoms with Crippen LogP contribution in [-0.2, 0) is 26.0 Å². The van der Waals surface area contributed by atoms with E-state index in [1.165, 1.54) is 0 Å². The Kier molecular flexibility index (Phi) is 4.97. The molecule has 2 heterocycles.